The Morgan fingerprint density at radius 3 is 2.76 bits per heavy atom. The van der Waals surface area contributed by atoms with Crippen molar-refractivity contribution in [3.63, 3.8) is 0 Å². The van der Waals surface area contributed by atoms with Gasteiger partial charge in [-0.15, -0.1) is 0 Å². The number of hydrogen-bond acceptors (Lipinski definition) is 3. The summed E-state index contributed by atoms with van der Waals surface area (Å²) in [4.78, 5) is 16.9. The highest BCUT2D eigenvalue weighted by Crippen LogP contribution is 2.33. The van der Waals surface area contributed by atoms with Crippen LogP contribution < -0.4 is 0 Å². The predicted octanol–water partition coefficient (Wildman–Crippen LogP) is 2.41. The van der Waals surface area contributed by atoms with Crippen molar-refractivity contribution >= 4 is 17.5 Å². The Hall–Kier alpha value is -1.82. The molecule has 0 N–H and O–H groups in total. The summed E-state index contributed by atoms with van der Waals surface area (Å²) in [5.41, 5.74) is 2.34. The van der Waals surface area contributed by atoms with Crippen molar-refractivity contribution in [3.05, 3.63) is 58.9 Å². The molecule has 1 saturated heterocycles. The molecule has 1 fully saturated rings. The minimum atomic E-state index is 0.0486. The molecule has 25 heavy (non-hydrogen) atoms. The lowest BCUT2D eigenvalue weighted by molar-refractivity contribution is -0.137. The fraction of sp³-hybridized carbons (Fsp3) is 0.421. The summed E-state index contributed by atoms with van der Waals surface area (Å²) < 4.78 is 7.62. The zero-order valence-electron chi connectivity index (χ0n) is 14.1. The van der Waals surface area contributed by atoms with Crippen LogP contribution in [0.3, 0.4) is 0 Å². The number of hydrogen-bond donors (Lipinski definition) is 0. The number of rotatable bonds is 3. The number of halogens is 1. The first-order chi connectivity index (χ1) is 12.2. The van der Waals surface area contributed by atoms with E-state index in [0.717, 1.165) is 23.7 Å². The van der Waals surface area contributed by atoms with Gasteiger partial charge in [-0.05, 0) is 29.8 Å². The number of amides is 1. The molecule has 1 aromatic heterocycles. The molecule has 1 unspecified atom stereocenters. The Balaban J connectivity index is 1.60. The Bertz CT molecular complexity index is 755. The molecule has 2 aromatic rings. The first kappa shape index (κ1) is 16.6. The number of morpholine rings is 1. The maximum absolute atomic E-state index is 12.8. The number of carbonyl (C=O) groups is 1. The van der Waals surface area contributed by atoms with Crippen molar-refractivity contribution in [1.29, 1.82) is 0 Å². The Kier molecular flexibility index (Phi) is 4.79. The van der Waals surface area contributed by atoms with Crippen LogP contribution in [0.2, 0.25) is 5.02 Å². The Morgan fingerprint density at radius 2 is 1.96 bits per heavy atom. The van der Waals surface area contributed by atoms with Crippen molar-refractivity contribution in [3.8, 4) is 0 Å². The highest BCUT2D eigenvalue weighted by molar-refractivity contribution is 6.30. The van der Waals surface area contributed by atoms with E-state index in [4.69, 9.17) is 16.3 Å². The van der Waals surface area contributed by atoms with E-state index in [2.05, 4.69) is 33.9 Å². The largest absolute Gasteiger partial charge is 0.378 e. The number of benzene rings is 1. The van der Waals surface area contributed by atoms with Crippen LogP contribution in [0.4, 0.5) is 0 Å². The normalized spacial score (nSPS) is 21.2. The summed E-state index contributed by atoms with van der Waals surface area (Å²) in [6.45, 7) is 4.79. The zero-order chi connectivity index (χ0) is 17.2. The average Bonchev–Trinajstić information content (AvgIpc) is 3.11. The highest BCUT2D eigenvalue weighted by Gasteiger charge is 2.31. The lowest BCUT2D eigenvalue weighted by Gasteiger charge is -2.38. The van der Waals surface area contributed by atoms with Crippen molar-refractivity contribution in [1.82, 2.24) is 14.4 Å². The number of fused-ring (bicyclic) bond motifs is 1. The lowest BCUT2D eigenvalue weighted by atomic mass is 10.00. The highest BCUT2D eigenvalue weighted by atomic mass is 35.5. The van der Waals surface area contributed by atoms with Gasteiger partial charge >= 0.3 is 0 Å². The molecule has 6 heteroatoms. The van der Waals surface area contributed by atoms with Crippen LogP contribution in [0.15, 0.2) is 42.6 Å². The SMILES string of the molecule is O=C(CN1CCn2cccc2C1c1cccc(Cl)c1)N1CCOCC1. The third-order valence-corrected chi connectivity index (χ3v) is 5.24. The summed E-state index contributed by atoms with van der Waals surface area (Å²) in [6.07, 6.45) is 2.11. The molecule has 1 aromatic carbocycles. The summed E-state index contributed by atoms with van der Waals surface area (Å²) in [6, 6.07) is 12.2. The van der Waals surface area contributed by atoms with Gasteiger partial charge in [0.15, 0.2) is 0 Å². The van der Waals surface area contributed by atoms with E-state index in [1.54, 1.807) is 0 Å². The molecule has 0 spiro atoms. The van der Waals surface area contributed by atoms with Gasteiger partial charge < -0.3 is 14.2 Å². The van der Waals surface area contributed by atoms with Crippen LogP contribution in [-0.2, 0) is 16.1 Å². The summed E-state index contributed by atoms with van der Waals surface area (Å²) >= 11 is 6.23. The van der Waals surface area contributed by atoms with Crippen LogP contribution >= 0.6 is 11.6 Å². The number of carbonyl (C=O) groups excluding carboxylic acids is 1. The second-order valence-electron chi connectivity index (χ2n) is 6.55. The van der Waals surface area contributed by atoms with Gasteiger partial charge in [0.1, 0.15) is 0 Å². The third kappa shape index (κ3) is 3.45. The zero-order valence-corrected chi connectivity index (χ0v) is 14.9. The van der Waals surface area contributed by atoms with Gasteiger partial charge in [-0.25, -0.2) is 0 Å². The van der Waals surface area contributed by atoms with Crippen LogP contribution in [0.1, 0.15) is 17.3 Å². The topological polar surface area (TPSA) is 37.7 Å². The fourth-order valence-electron chi connectivity index (χ4n) is 3.75. The predicted molar refractivity (Wildman–Crippen MR) is 96.7 cm³/mol. The number of ether oxygens (including phenoxy) is 1. The molecule has 1 amide bonds. The summed E-state index contributed by atoms with van der Waals surface area (Å²) in [7, 11) is 0. The maximum Gasteiger partial charge on any atom is 0.236 e. The second-order valence-corrected chi connectivity index (χ2v) is 6.98. The van der Waals surface area contributed by atoms with Crippen LogP contribution in [-0.4, -0.2) is 59.7 Å². The minimum Gasteiger partial charge on any atom is -0.378 e. The summed E-state index contributed by atoms with van der Waals surface area (Å²) in [5.74, 6) is 0.176. The molecule has 0 aliphatic carbocycles. The van der Waals surface area contributed by atoms with E-state index < -0.39 is 0 Å². The van der Waals surface area contributed by atoms with Gasteiger partial charge in [0.2, 0.25) is 5.91 Å². The molecule has 2 aliphatic heterocycles. The van der Waals surface area contributed by atoms with Crippen molar-refractivity contribution in [2.75, 3.05) is 39.4 Å². The van der Waals surface area contributed by atoms with Gasteiger partial charge in [0.25, 0.3) is 0 Å². The molecule has 132 valence electrons. The van der Waals surface area contributed by atoms with Gasteiger partial charge in [-0.2, -0.15) is 0 Å². The van der Waals surface area contributed by atoms with Crippen molar-refractivity contribution < 1.29 is 9.53 Å². The van der Waals surface area contributed by atoms with Gasteiger partial charge in [-0.1, -0.05) is 23.7 Å². The quantitative estimate of drug-likeness (QED) is 0.844. The lowest BCUT2D eigenvalue weighted by Crippen LogP contribution is -2.48. The number of nitrogens with zero attached hydrogens (tertiary/aromatic N) is 3. The average molecular weight is 360 g/mol. The maximum atomic E-state index is 12.8. The standard InChI is InChI=1S/C19H22ClN3O2/c20-16-4-1-3-15(13-16)19-17-5-2-6-21(17)7-8-23(19)14-18(24)22-9-11-25-12-10-22/h1-6,13,19H,7-12,14H2. The van der Waals surface area contributed by atoms with Crippen molar-refractivity contribution in [2.24, 2.45) is 0 Å². The van der Waals surface area contributed by atoms with Gasteiger partial charge in [0, 0.05) is 43.1 Å². The Labute approximate surface area is 152 Å². The van der Waals surface area contributed by atoms with E-state index in [0.29, 0.717) is 32.8 Å². The smallest absolute Gasteiger partial charge is 0.236 e. The molecular formula is C19H22ClN3O2. The molecule has 0 bridgehead atoms. The second kappa shape index (κ2) is 7.20. The summed E-state index contributed by atoms with van der Waals surface area (Å²) in [5, 5.41) is 0.723. The molecule has 2 aliphatic rings. The monoisotopic (exact) mass is 359 g/mol. The Morgan fingerprint density at radius 1 is 1.12 bits per heavy atom. The molecule has 1 atom stereocenters. The molecule has 3 heterocycles. The first-order valence-corrected chi connectivity index (χ1v) is 9.10. The van der Waals surface area contributed by atoms with E-state index in [-0.39, 0.29) is 11.9 Å². The van der Waals surface area contributed by atoms with E-state index in [9.17, 15) is 4.79 Å². The molecule has 0 radical (unpaired) electrons. The molecule has 5 nitrogen and oxygen atoms in total. The van der Waals surface area contributed by atoms with Gasteiger partial charge in [-0.3, -0.25) is 9.69 Å². The van der Waals surface area contributed by atoms with E-state index >= 15 is 0 Å². The molecular weight excluding hydrogens is 338 g/mol. The molecule has 0 saturated carbocycles. The first-order valence-electron chi connectivity index (χ1n) is 8.72. The van der Waals surface area contributed by atoms with E-state index in [1.165, 1.54) is 5.69 Å². The third-order valence-electron chi connectivity index (χ3n) is 5.00. The van der Waals surface area contributed by atoms with Gasteiger partial charge in [0.05, 0.1) is 25.8 Å². The molecule has 4 rings (SSSR count). The minimum absolute atomic E-state index is 0.0486. The van der Waals surface area contributed by atoms with Crippen LogP contribution in [0.25, 0.3) is 0 Å². The van der Waals surface area contributed by atoms with Crippen LogP contribution in [0, 0.1) is 0 Å². The number of aromatic nitrogens is 1. The fourth-order valence-corrected chi connectivity index (χ4v) is 3.95. The van der Waals surface area contributed by atoms with Crippen LogP contribution in [0.5, 0.6) is 0 Å². The van der Waals surface area contributed by atoms with Crippen molar-refractivity contribution in [2.45, 2.75) is 12.6 Å². The van der Waals surface area contributed by atoms with E-state index in [1.807, 2.05) is 23.1 Å².